The minimum absolute atomic E-state index is 0.0630. The van der Waals surface area contributed by atoms with Crippen LogP contribution in [0.15, 0.2) is 18.2 Å². The molecule has 3 aliphatic rings. The summed E-state index contributed by atoms with van der Waals surface area (Å²) in [5, 5.41) is 20.1. The van der Waals surface area contributed by atoms with Crippen LogP contribution >= 0.6 is 0 Å². The number of rotatable bonds is 13. The fraction of sp³-hybridized carbons (Fsp3) is 0.759. The largest absolute Gasteiger partial charge is 0.482 e. The molecule has 1 aromatic carbocycles. The third-order valence-corrected chi connectivity index (χ3v) is 8.38. The summed E-state index contributed by atoms with van der Waals surface area (Å²) in [6.45, 7) is 2.72. The number of carboxylic acids is 1. The zero-order valence-corrected chi connectivity index (χ0v) is 21.3. The highest BCUT2D eigenvalue weighted by molar-refractivity contribution is 5.68. The van der Waals surface area contributed by atoms with Gasteiger partial charge in [0, 0.05) is 6.61 Å². The van der Waals surface area contributed by atoms with Crippen molar-refractivity contribution >= 4 is 5.97 Å². The highest BCUT2D eigenvalue weighted by Gasteiger charge is 2.45. The third-order valence-electron chi connectivity index (χ3n) is 8.38. The zero-order valence-electron chi connectivity index (χ0n) is 21.3. The number of unbranched alkanes of at least 4 members (excludes halogenated alkanes) is 3. The lowest BCUT2D eigenvalue weighted by Crippen LogP contribution is -2.31. The molecule has 2 N–H and O–H groups in total. The van der Waals surface area contributed by atoms with Gasteiger partial charge in [0.25, 0.3) is 0 Å². The fourth-order valence-corrected chi connectivity index (χ4v) is 6.57. The molecule has 1 heterocycles. The first-order valence-corrected chi connectivity index (χ1v) is 14.0. The Kier molecular flexibility index (Phi) is 9.87. The van der Waals surface area contributed by atoms with Gasteiger partial charge in [-0.1, -0.05) is 44.7 Å². The second-order valence-corrected chi connectivity index (χ2v) is 10.9. The molecule has 6 nitrogen and oxygen atoms in total. The van der Waals surface area contributed by atoms with Crippen LogP contribution in [0.2, 0.25) is 0 Å². The Morgan fingerprint density at radius 2 is 2.06 bits per heavy atom. The van der Waals surface area contributed by atoms with Crippen molar-refractivity contribution in [3.63, 3.8) is 0 Å². The molecule has 35 heavy (non-hydrogen) atoms. The predicted molar refractivity (Wildman–Crippen MR) is 135 cm³/mol. The number of aliphatic hydroxyl groups excluding tert-OH is 1. The molecule has 2 fully saturated rings. The Morgan fingerprint density at radius 3 is 2.83 bits per heavy atom. The first-order valence-electron chi connectivity index (χ1n) is 14.0. The number of aliphatic hydroxyl groups is 1. The summed E-state index contributed by atoms with van der Waals surface area (Å²) in [5.41, 5.74) is 2.38. The summed E-state index contributed by atoms with van der Waals surface area (Å²) in [6, 6.07) is 5.97. The molecule has 6 heteroatoms. The maximum atomic E-state index is 11.1. The number of hydrogen-bond donors (Lipinski definition) is 2. The van der Waals surface area contributed by atoms with Gasteiger partial charge in [0.1, 0.15) is 5.75 Å². The van der Waals surface area contributed by atoms with Gasteiger partial charge in [-0.15, -0.1) is 0 Å². The maximum absolute atomic E-state index is 11.1. The second-order valence-electron chi connectivity index (χ2n) is 10.9. The number of aliphatic carboxylic acids is 1. The normalized spacial score (nSPS) is 28.8. The minimum atomic E-state index is -0.960. The van der Waals surface area contributed by atoms with Crippen molar-refractivity contribution in [2.45, 2.75) is 109 Å². The van der Waals surface area contributed by atoms with Crippen molar-refractivity contribution in [2.75, 3.05) is 13.2 Å². The summed E-state index contributed by atoms with van der Waals surface area (Å²) in [6.07, 6.45) is 13.7. The lowest BCUT2D eigenvalue weighted by Gasteiger charge is -2.33. The van der Waals surface area contributed by atoms with E-state index in [1.54, 1.807) is 0 Å². The van der Waals surface area contributed by atoms with Crippen LogP contribution in [0, 0.1) is 17.8 Å². The van der Waals surface area contributed by atoms with Gasteiger partial charge in [0.15, 0.2) is 12.9 Å². The monoisotopic (exact) mass is 488 g/mol. The van der Waals surface area contributed by atoms with Gasteiger partial charge in [0.2, 0.25) is 0 Å². The van der Waals surface area contributed by atoms with Crippen molar-refractivity contribution < 1.29 is 29.2 Å². The van der Waals surface area contributed by atoms with Crippen molar-refractivity contribution in [1.82, 2.24) is 0 Å². The average molecular weight is 489 g/mol. The Hall–Kier alpha value is -1.63. The molecule has 1 saturated carbocycles. The predicted octanol–water partition coefficient (Wildman–Crippen LogP) is 5.52. The first-order chi connectivity index (χ1) is 17.0. The van der Waals surface area contributed by atoms with Gasteiger partial charge >= 0.3 is 5.97 Å². The molecule has 0 spiro atoms. The van der Waals surface area contributed by atoms with E-state index in [1.165, 1.54) is 37.7 Å². The summed E-state index contributed by atoms with van der Waals surface area (Å²) in [4.78, 5) is 11.0. The molecule has 6 atom stereocenters. The smallest absolute Gasteiger partial charge is 0.341 e. The molecule has 2 aliphatic carbocycles. The van der Waals surface area contributed by atoms with Crippen LogP contribution < -0.4 is 4.74 Å². The standard InChI is InChI=1S/C29H44O6/c1-2-3-4-5-10-22(35-29-12-6-7-15-33-29)13-14-23-24-16-20-9-8-11-27(34-19-28(31)32)25(20)17-21(24)18-26(23)30/h8-9,11,21-24,26,29-30H,2-7,10,12-19H2,1H3,(H,31,32)/t21-,22+,23?,24-,26+,29?/m0/s1. The Labute approximate surface area is 210 Å². The van der Waals surface area contributed by atoms with Crippen LogP contribution in [0.4, 0.5) is 0 Å². The summed E-state index contributed by atoms with van der Waals surface area (Å²) in [5.74, 6) is 0.888. The SMILES string of the molecule is CCCCCC[C@H](CCC1[C@H](O)C[C@@H]2Cc3c(cccc3OCC(=O)O)C[C@H]12)OC1CCCCO1. The molecule has 0 radical (unpaired) electrons. The number of hydrogen-bond acceptors (Lipinski definition) is 5. The highest BCUT2D eigenvalue weighted by Crippen LogP contribution is 2.48. The van der Waals surface area contributed by atoms with E-state index in [9.17, 15) is 9.90 Å². The van der Waals surface area contributed by atoms with Gasteiger partial charge in [-0.25, -0.2) is 4.79 Å². The number of carbonyl (C=O) groups is 1. The van der Waals surface area contributed by atoms with E-state index in [4.69, 9.17) is 19.3 Å². The Balaban J connectivity index is 1.37. The quantitative estimate of drug-likeness (QED) is 0.356. The molecule has 1 saturated heterocycles. The molecule has 1 aromatic rings. The molecule has 0 aromatic heterocycles. The van der Waals surface area contributed by atoms with E-state index in [2.05, 4.69) is 13.0 Å². The summed E-state index contributed by atoms with van der Waals surface area (Å²) < 4.78 is 17.9. The van der Waals surface area contributed by atoms with E-state index in [-0.39, 0.29) is 31.0 Å². The summed E-state index contributed by atoms with van der Waals surface area (Å²) >= 11 is 0. The second kappa shape index (κ2) is 13.1. The van der Waals surface area contributed by atoms with Crippen molar-refractivity contribution in [2.24, 2.45) is 17.8 Å². The number of fused-ring (bicyclic) bond motifs is 2. The van der Waals surface area contributed by atoms with E-state index >= 15 is 0 Å². The van der Waals surface area contributed by atoms with Crippen LogP contribution in [0.1, 0.15) is 88.7 Å². The van der Waals surface area contributed by atoms with Gasteiger partial charge in [-0.2, -0.15) is 0 Å². The lowest BCUT2D eigenvalue weighted by molar-refractivity contribution is -0.191. The number of ether oxygens (including phenoxy) is 3. The maximum Gasteiger partial charge on any atom is 0.341 e. The minimum Gasteiger partial charge on any atom is -0.482 e. The fourth-order valence-electron chi connectivity index (χ4n) is 6.57. The van der Waals surface area contributed by atoms with Crippen molar-refractivity contribution in [3.05, 3.63) is 29.3 Å². The van der Waals surface area contributed by atoms with E-state index in [0.29, 0.717) is 17.6 Å². The molecule has 0 bridgehead atoms. The molecule has 2 unspecified atom stereocenters. The summed E-state index contributed by atoms with van der Waals surface area (Å²) in [7, 11) is 0. The number of carboxylic acid groups (broad SMARTS) is 1. The van der Waals surface area contributed by atoms with Crippen LogP contribution in [-0.2, 0) is 27.1 Å². The molecule has 0 amide bonds. The molecule has 4 rings (SSSR count). The average Bonchev–Trinajstić information content (AvgIpc) is 3.16. The Morgan fingerprint density at radius 1 is 1.17 bits per heavy atom. The topological polar surface area (TPSA) is 85.2 Å². The van der Waals surface area contributed by atoms with Gasteiger partial charge in [0.05, 0.1) is 12.2 Å². The number of benzene rings is 1. The Bertz CT molecular complexity index is 804. The molecule has 196 valence electrons. The van der Waals surface area contributed by atoms with Crippen molar-refractivity contribution in [1.29, 1.82) is 0 Å². The van der Waals surface area contributed by atoms with Gasteiger partial charge < -0.3 is 24.4 Å². The molecular formula is C29H44O6. The first kappa shape index (κ1) is 26.4. The zero-order chi connectivity index (χ0) is 24.6. The highest BCUT2D eigenvalue weighted by atomic mass is 16.7. The van der Waals surface area contributed by atoms with Crippen LogP contribution in [0.3, 0.4) is 0 Å². The van der Waals surface area contributed by atoms with Gasteiger partial charge in [-0.05, 0) is 92.7 Å². The van der Waals surface area contributed by atoms with Crippen LogP contribution in [0.5, 0.6) is 5.75 Å². The van der Waals surface area contributed by atoms with Crippen LogP contribution in [-0.4, -0.2) is 47.9 Å². The third kappa shape index (κ3) is 7.21. The molecular weight excluding hydrogens is 444 g/mol. The van der Waals surface area contributed by atoms with E-state index in [0.717, 1.165) is 63.5 Å². The van der Waals surface area contributed by atoms with E-state index in [1.807, 2.05) is 12.1 Å². The van der Waals surface area contributed by atoms with Gasteiger partial charge in [-0.3, -0.25) is 0 Å². The van der Waals surface area contributed by atoms with Crippen molar-refractivity contribution in [3.8, 4) is 5.75 Å². The molecule has 1 aliphatic heterocycles. The van der Waals surface area contributed by atoms with E-state index < -0.39 is 5.97 Å². The van der Waals surface area contributed by atoms with Crippen LogP contribution in [0.25, 0.3) is 0 Å². The lowest BCUT2D eigenvalue weighted by atomic mass is 9.73.